The van der Waals surface area contributed by atoms with Crippen LogP contribution in [0.3, 0.4) is 0 Å². The molecule has 2 fully saturated rings. The number of para-hydroxylation sites is 1. The summed E-state index contributed by atoms with van der Waals surface area (Å²) in [5.74, 6) is 0.365. The summed E-state index contributed by atoms with van der Waals surface area (Å²) in [7, 11) is 0. The van der Waals surface area contributed by atoms with Crippen molar-refractivity contribution >= 4 is 28.6 Å². The minimum Gasteiger partial charge on any atom is -0.372 e. The number of benzene rings is 1. The summed E-state index contributed by atoms with van der Waals surface area (Å²) in [6, 6.07) is 7.66. The second kappa shape index (κ2) is 8.25. The first-order valence-electron chi connectivity index (χ1n) is 10.1. The van der Waals surface area contributed by atoms with Gasteiger partial charge in [-0.05, 0) is 38.8 Å². The lowest BCUT2D eigenvalue weighted by atomic mass is 10.2. The number of hydrogen-bond acceptors (Lipinski definition) is 5. The van der Waals surface area contributed by atoms with Crippen LogP contribution in [-0.2, 0) is 9.53 Å². The molecule has 1 saturated heterocycles. The summed E-state index contributed by atoms with van der Waals surface area (Å²) >= 11 is 1.39. The molecule has 150 valence electrons. The van der Waals surface area contributed by atoms with E-state index in [1.165, 1.54) is 11.8 Å². The Bertz CT molecular complexity index is 913. The van der Waals surface area contributed by atoms with Crippen molar-refractivity contribution in [2.75, 3.05) is 18.8 Å². The molecule has 2 heterocycles. The monoisotopic (exact) mass is 401 g/mol. The van der Waals surface area contributed by atoms with Crippen LogP contribution in [0.15, 0.2) is 34.2 Å². The van der Waals surface area contributed by atoms with E-state index >= 15 is 0 Å². The van der Waals surface area contributed by atoms with E-state index in [-0.39, 0.29) is 35.5 Å². The Morgan fingerprint density at radius 1 is 1.18 bits per heavy atom. The Kier molecular flexibility index (Phi) is 5.73. The molecule has 0 N–H and O–H groups in total. The van der Waals surface area contributed by atoms with Crippen molar-refractivity contribution < 1.29 is 9.53 Å². The number of thioether (sulfide) groups is 1. The smallest absolute Gasteiger partial charge is 0.262 e. The molecular weight excluding hydrogens is 374 g/mol. The Morgan fingerprint density at radius 2 is 1.86 bits per heavy atom. The number of carbonyl (C=O) groups is 1. The fourth-order valence-corrected chi connectivity index (χ4v) is 5.28. The van der Waals surface area contributed by atoms with Gasteiger partial charge in [-0.1, -0.05) is 36.7 Å². The number of morpholine rings is 1. The average molecular weight is 402 g/mol. The van der Waals surface area contributed by atoms with Gasteiger partial charge in [-0.3, -0.25) is 14.2 Å². The summed E-state index contributed by atoms with van der Waals surface area (Å²) < 4.78 is 7.57. The first-order valence-corrected chi connectivity index (χ1v) is 11.1. The van der Waals surface area contributed by atoms with Gasteiger partial charge < -0.3 is 9.64 Å². The Hall–Kier alpha value is -1.86. The Balaban J connectivity index is 1.59. The summed E-state index contributed by atoms with van der Waals surface area (Å²) in [5, 5.41) is 1.32. The zero-order valence-electron chi connectivity index (χ0n) is 16.5. The van der Waals surface area contributed by atoms with Gasteiger partial charge >= 0.3 is 0 Å². The van der Waals surface area contributed by atoms with Gasteiger partial charge in [0.15, 0.2) is 5.16 Å². The normalized spacial score (nSPS) is 23.4. The second-order valence-corrected chi connectivity index (χ2v) is 8.81. The van der Waals surface area contributed by atoms with E-state index in [0.717, 1.165) is 25.7 Å². The fourth-order valence-electron chi connectivity index (χ4n) is 4.31. The highest BCUT2D eigenvalue weighted by Gasteiger charge is 2.27. The molecule has 1 aliphatic carbocycles. The van der Waals surface area contributed by atoms with Crippen molar-refractivity contribution in [3.8, 4) is 0 Å². The third kappa shape index (κ3) is 3.96. The zero-order chi connectivity index (χ0) is 19.7. The van der Waals surface area contributed by atoms with E-state index in [0.29, 0.717) is 29.1 Å². The number of rotatable bonds is 4. The molecule has 1 aromatic heterocycles. The van der Waals surface area contributed by atoms with E-state index in [9.17, 15) is 9.59 Å². The first kappa shape index (κ1) is 19.5. The topological polar surface area (TPSA) is 64.4 Å². The molecule has 0 bridgehead atoms. The van der Waals surface area contributed by atoms with Crippen LogP contribution in [0.2, 0.25) is 0 Å². The second-order valence-electron chi connectivity index (χ2n) is 7.87. The predicted molar refractivity (Wildman–Crippen MR) is 111 cm³/mol. The molecule has 2 aromatic rings. The van der Waals surface area contributed by atoms with Gasteiger partial charge in [0, 0.05) is 19.1 Å². The first-order chi connectivity index (χ1) is 13.5. The molecule has 1 aromatic carbocycles. The number of hydrogen-bond donors (Lipinski definition) is 0. The van der Waals surface area contributed by atoms with Gasteiger partial charge in [-0.25, -0.2) is 4.98 Å². The van der Waals surface area contributed by atoms with E-state index in [1.807, 2.05) is 47.6 Å². The van der Waals surface area contributed by atoms with Crippen LogP contribution in [0.4, 0.5) is 0 Å². The number of nitrogens with zero attached hydrogens (tertiary/aromatic N) is 3. The molecular formula is C21H27N3O3S. The highest BCUT2D eigenvalue weighted by atomic mass is 32.2. The van der Waals surface area contributed by atoms with Crippen molar-refractivity contribution in [3.63, 3.8) is 0 Å². The molecule has 6 nitrogen and oxygen atoms in total. The maximum atomic E-state index is 13.2. The van der Waals surface area contributed by atoms with Crippen molar-refractivity contribution in [2.24, 2.45) is 0 Å². The average Bonchev–Trinajstić information content (AvgIpc) is 3.19. The van der Waals surface area contributed by atoms with Crippen LogP contribution in [0.25, 0.3) is 10.9 Å². The molecule has 2 atom stereocenters. The summed E-state index contributed by atoms with van der Waals surface area (Å²) in [6.07, 6.45) is 4.37. The molecule has 0 unspecified atom stereocenters. The van der Waals surface area contributed by atoms with Crippen LogP contribution in [0.5, 0.6) is 0 Å². The van der Waals surface area contributed by atoms with Gasteiger partial charge in [0.05, 0.1) is 28.9 Å². The minimum absolute atomic E-state index is 0.0149. The minimum atomic E-state index is 0.0149. The summed E-state index contributed by atoms with van der Waals surface area (Å²) in [4.78, 5) is 32.6. The van der Waals surface area contributed by atoms with Crippen molar-refractivity contribution in [1.29, 1.82) is 0 Å². The molecule has 0 spiro atoms. The summed E-state index contributed by atoms with van der Waals surface area (Å²) in [5.41, 5.74) is 0.714. The van der Waals surface area contributed by atoms with E-state index < -0.39 is 0 Å². The quantitative estimate of drug-likeness (QED) is 0.581. The maximum absolute atomic E-state index is 13.2. The van der Waals surface area contributed by atoms with E-state index in [1.54, 1.807) is 0 Å². The molecule has 1 aliphatic heterocycles. The Labute approximate surface area is 169 Å². The molecule has 28 heavy (non-hydrogen) atoms. The zero-order valence-corrected chi connectivity index (χ0v) is 17.3. The number of fused-ring (bicyclic) bond motifs is 1. The van der Waals surface area contributed by atoms with Gasteiger partial charge in [0.2, 0.25) is 5.91 Å². The lowest BCUT2D eigenvalue weighted by Crippen LogP contribution is -2.48. The van der Waals surface area contributed by atoms with Gasteiger partial charge in [-0.2, -0.15) is 0 Å². The van der Waals surface area contributed by atoms with Crippen molar-refractivity contribution in [3.05, 3.63) is 34.6 Å². The lowest BCUT2D eigenvalue weighted by molar-refractivity contribution is -0.140. The van der Waals surface area contributed by atoms with Crippen LogP contribution in [-0.4, -0.2) is 51.4 Å². The molecule has 7 heteroatoms. The molecule has 4 rings (SSSR count). The highest BCUT2D eigenvalue weighted by Crippen LogP contribution is 2.32. The van der Waals surface area contributed by atoms with Crippen LogP contribution >= 0.6 is 11.8 Å². The molecule has 1 amide bonds. The molecule has 1 saturated carbocycles. The standard InChI is InChI=1S/C21H27N3O3S/c1-14-11-23(12-15(2)27-14)19(25)13-28-21-22-18-10-6-5-9-17(18)20(26)24(21)16-7-3-4-8-16/h5-6,9-10,14-16H,3-4,7-8,11-13H2,1-2H3/t14-,15-/m0/s1. The van der Waals surface area contributed by atoms with E-state index in [4.69, 9.17) is 9.72 Å². The number of amides is 1. The third-order valence-electron chi connectivity index (χ3n) is 5.56. The lowest BCUT2D eigenvalue weighted by Gasteiger charge is -2.35. The van der Waals surface area contributed by atoms with E-state index in [2.05, 4.69) is 0 Å². The van der Waals surface area contributed by atoms with Crippen molar-refractivity contribution in [2.45, 2.75) is 62.9 Å². The third-order valence-corrected chi connectivity index (χ3v) is 6.50. The number of ether oxygens (including phenoxy) is 1. The SMILES string of the molecule is C[C@H]1CN(C(=O)CSc2nc3ccccc3c(=O)n2C2CCCC2)C[C@H](C)O1. The number of carbonyl (C=O) groups excluding carboxylic acids is 1. The van der Waals surface area contributed by atoms with Gasteiger partial charge in [0.25, 0.3) is 5.56 Å². The van der Waals surface area contributed by atoms with Gasteiger partial charge in [0.1, 0.15) is 0 Å². The largest absolute Gasteiger partial charge is 0.372 e. The molecule has 2 aliphatic rings. The van der Waals surface area contributed by atoms with Gasteiger partial charge in [-0.15, -0.1) is 0 Å². The van der Waals surface area contributed by atoms with Crippen molar-refractivity contribution in [1.82, 2.24) is 14.5 Å². The predicted octanol–water partition coefficient (Wildman–Crippen LogP) is 3.24. The maximum Gasteiger partial charge on any atom is 0.262 e. The molecule has 0 radical (unpaired) electrons. The highest BCUT2D eigenvalue weighted by molar-refractivity contribution is 7.99. The fraction of sp³-hybridized carbons (Fsp3) is 0.571. The summed E-state index contributed by atoms with van der Waals surface area (Å²) in [6.45, 7) is 5.21. The van der Waals surface area contributed by atoms with Crippen LogP contribution in [0, 0.1) is 0 Å². The van der Waals surface area contributed by atoms with Crippen LogP contribution < -0.4 is 5.56 Å². The van der Waals surface area contributed by atoms with Crippen LogP contribution in [0.1, 0.15) is 45.6 Å². The number of aromatic nitrogens is 2. The Morgan fingerprint density at radius 3 is 2.57 bits per heavy atom.